The van der Waals surface area contributed by atoms with Gasteiger partial charge in [-0.3, -0.25) is 9.59 Å². The number of carbonyl (C=O) groups is 2. The minimum absolute atomic E-state index is 0.118. The summed E-state index contributed by atoms with van der Waals surface area (Å²) in [6.45, 7) is 1.81. The molecule has 14 heavy (non-hydrogen) atoms. The average Bonchev–Trinajstić information content (AvgIpc) is 2.26. The summed E-state index contributed by atoms with van der Waals surface area (Å²) in [7, 11) is 0. The summed E-state index contributed by atoms with van der Waals surface area (Å²) in [6.07, 6.45) is 0. The molecule has 1 fully saturated rings. The number of thioether (sulfide) groups is 1. The average molecular weight is 206 g/mol. The minimum atomic E-state index is -0.230. The Morgan fingerprint density at radius 2 is 1.71 bits per heavy atom. The SMILES string of the molecule is CC1C(=O)C(=O)C1Sc1ccccc1. The predicted octanol–water partition coefficient (Wildman–Crippen LogP) is 1.94. The van der Waals surface area contributed by atoms with Gasteiger partial charge < -0.3 is 0 Å². The second-order valence-electron chi connectivity index (χ2n) is 3.37. The van der Waals surface area contributed by atoms with E-state index in [1.165, 1.54) is 11.8 Å². The van der Waals surface area contributed by atoms with Crippen molar-refractivity contribution in [3.05, 3.63) is 30.3 Å². The number of carbonyl (C=O) groups excluding carboxylic acids is 2. The molecule has 2 unspecified atom stereocenters. The lowest BCUT2D eigenvalue weighted by atomic mass is 9.83. The quantitative estimate of drug-likeness (QED) is 0.693. The zero-order valence-corrected chi connectivity index (χ0v) is 8.58. The Hall–Kier alpha value is -1.09. The van der Waals surface area contributed by atoms with Gasteiger partial charge in [0.15, 0.2) is 0 Å². The summed E-state index contributed by atoms with van der Waals surface area (Å²) in [4.78, 5) is 23.3. The topological polar surface area (TPSA) is 34.1 Å². The first kappa shape index (κ1) is 9.46. The van der Waals surface area contributed by atoms with Gasteiger partial charge in [0, 0.05) is 10.8 Å². The second kappa shape index (κ2) is 3.58. The fraction of sp³-hybridized carbons (Fsp3) is 0.273. The number of benzene rings is 1. The van der Waals surface area contributed by atoms with Gasteiger partial charge in [-0.2, -0.15) is 0 Å². The van der Waals surface area contributed by atoms with Gasteiger partial charge >= 0.3 is 0 Å². The van der Waals surface area contributed by atoms with Gasteiger partial charge in [0.05, 0.1) is 5.25 Å². The number of rotatable bonds is 2. The monoisotopic (exact) mass is 206 g/mol. The van der Waals surface area contributed by atoms with Crippen LogP contribution in [0, 0.1) is 5.92 Å². The van der Waals surface area contributed by atoms with Crippen LogP contribution in [0.2, 0.25) is 0 Å². The van der Waals surface area contributed by atoms with Crippen LogP contribution in [0.4, 0.5) is 0 Å². The van der Waals surface area contributed by atoms with Crippen LogP contribution < -0.4 is 0 Å². The van der Waals surface area contributed by atoms with Gasteiger partial charge in [-0.15, -0.1) is 11.8 Å². The Morgan fingerprint density at radius 1 is 1.07 bits per heavy atom. The zero-order valence-electron chi connectivity index (χ0n) is 7.77. The van der Waals surface area contributed by atoms with E-state index in [0.717, 1.165) is 4.90 Å². The van der Waals surface area contributed by atoms with Crippen molar-refractivity contribution in [1.29, 1.82) is 0 Å². The fourth-order valence-corrected chi connectivity index (χ4v) is 2.59. The van der Waals surface area contributed by atoms with E-state index in [1.54, 1.807) is 0 Å². The molecule has 1 saturated carbocycles. The molecule has 2 rings (SSSR count). The molecule has 1 aliphatic carbocycles. The molecular formula is C11H10O2S. The third-order valence-electron chi connectivity index (χ3n) is 2.38. The van der Waals surface area contributed by atoms with Gasteiger partial charge in [-0.05, 0) is 12.1 Å². The first-order valence-electron chi connectivity index (χ1n) is 4.50. The molecule has 0 saturated heterocycles. The molecular weight excluding hydrogens is 196 g/mol. The maximum atomic E-state index is 11.2. The maximum Gasteiger partial charge on any atom is 0.212 e. The van der Waals surface area contributed by atoms with E-state index >= 15 is 0 Å². The molecule has 3 heteroatoms. The summed E-state index contributed by atoms with van der Waals surface area (Å²) in [5.74, 6) is -0.572. The van der Waals surface area contributed by atoms with Crippen LogP contribution in [0.15, 0.2) is 35.2 Å². The maximum absolute atomic E-state index is 11.2. The molecule has 0 spiro atoms. The molecule has 0 amide bonds. The summed E-state index contributed by atoms with van der Waals surface area (Å²) < 4.78 is 0. The molecule has 1 aromatic carbocycles. The lowest BCUT2D eigenvalue weighted by Crippen LogP contribution is -2.49. The minimum Gasteiger partial charge on any atom is -0.290 e. The summed E-state index contributed by atoms with van der Waals surface area (Å²) in [6, 6.07) is 9.69. The Morgan fingerprint density at radius 3 is 2.29 bits per heavy atom. The normalized spacial score (nSPS) is 26.1. The lowest BCUT2D eigenvalue weighted by Gasteiger charge is -2.29. The number of Topliss-reactive ketones (excluding diaryl/α,β-unsaturated/α-hetero) is 2. The van der Waals surface area contributed by atoms with Crippen molar-refractivity contribution in [2.75, 3.05) is 0 Å². The molecule has 0 N–H and O–H groups in total. The van der Waals surface area contributed by atoms with Crippen molar-refractivity contribution in [2.45, 2.75) is 17.1 Å². The molecule has 0 bridgehead atoms. The van der Waals surface area contributed by atoms with Gasteiger partial charge in [-0.25, -0.2) is 0 Å². The second-order valence-corrected chi connectivity index (χ2v) is 4.58. The first-order valence-corrected chi connectivity index (χ1v) is 5.38. The molecule has 2 nitrogen and oxygen atoms in total. The van der Waals surface area contributed by atoms with Crippen LogP contribution in [0.5, 0.6) is 0 Å². The summed E-state index contributed by atoms with van der Waals surface area (Å²) in [5.41, 5.74) is 0. The Balaban J connectivity index is 2.07. The third kappa shape index (κ3) is 1.48. The van der Waals surface area contributed by atoms with Gasteiger partial charge in [0.25, 0.3) is 0 Å². The van der Waals surface area contributed by atoms with Crippen molar-refractivity contribution < 1.29 is 9.59 Å². The van der Waals surface area contributed by atoms with Crippen LogP contribution in [-0.4, -0.2) is 16.8 Å². The molecule has 1 aromatic rings. The Bertz CT molecular complexity index is 372. The van der Waals surface area contributed by atoms with Crippen LogP contribution >= 0.6 is 11.8 Å². The highest BCUT2D eigenvalue weighted by Gasteiger charge is 2.46. The standard InChI is InChI=1S/C11H10O2S/c1-7-9(12)10(13)11(7)14-8-5-3-2-4-6-8/h2-7,11H,1H3. The number of hydrogen-bond acceptors (Lipinski definition) is 3. The van der Waals surface area contributed by atoms with E-state index in [0.29, 0.717) is 0 Å². The third-order valence-corrected chi connectivity index (χ3v) is 3.80. The Kier molecular flexibility index (Phi) is 2.42. The molecule has 72 valence electrons. The van der Waals surface area contributed by atoms with E-state index in [9.17, 15) is 9.59 Å². The molecule has 0 aliphatic heterocycles. The summed E-state index contributed by atoms with van der Waals surface area (Å²) in [5, 5.41) is -0.162. The van der Waals surface area contributed by atoms with E-state index in [4.69, 9.17) is 0 Å². The van der Waals surface area contributed by atoms with Crippen LogP contribution in [0.25, 0.3) is 0 Å². The number of hydrogen-bond donors (Lipinski definition) is 0. The molecule has 0 aromatic heterocycles. The zero-order chi connectivity index (χ0) is 10.1. The van der Waals surface area contributed by atoms with E-state index < -0.39 is 0 Å². The van der Waals surface area contributed by atoms with Crippen molar-refractivity contribution in [3.8, 4) is 0 Å². The van der Waals surface area contributed by atoms with Crippen molar-refractivity contribution in [3.63, 3.8) is 0 Å². The first-order chi connectivity index (χ1) is 6.70. The largest absolute Gasteiger partial charge is 0.290 e. The van der Waals surface area contributed by atoms with Crippen molar-refractivity contribution in [2.24, 2.45) is 5.92 Å². The van der Waals surface area contributed by atoms with E-state index in [2.05, 4.69) is 0 Å². The summed E-state index contributed by atoms with van der Waals surface area (Å²) >= 11 is 1.48. The van der Waals surface area contributed by atoms with Gasteiger partial charge in [0.1, 0.15) is 0 Å². The van der Waals surface area contributed by atoms with Crippen LogP contribution in [-0.2, 0) is 9.59 Å². The van der Waals surface area contributed by atoms with Gasteiger partial charge in [-0.1, -0.05) is 25.1 Å². The fourth-order valence-electron chi connectivity index (χ4n) is 1.43. The van der Waals surface area contributed by atoms with Gasteiger partial charge in [0.2, 0.25) is 11.6 Å². The lowest BCUT2D eigenvalue weighted by molar-refractivity contribution is -0.145. The van der Waals surface area contributed by atoms with Crippen LogP contribution in [0.1, 0.15) is 6.92 Å². The molecule has 0 radical (unpaired) electrons. The van der Waals surface area contributed by atoms with Crippen molar-refractivity contribution in [1.82, 2.24) is 0 Å². The Labute approximate surface area is 86.7 Å². The van der Waals surface area contributed by atoms with E-state index in [-0.39, 0.29) is 22.7 Å². The number of ketones is 2. The van der Waals surface area contributed by atoms with Crippen LogP contribution in [0.3, 0.4) is 0 Å². The van der Waals surface area contributed by atoms with E-state index in [1.807, 2.05) is 37.3 Å². The molecule has 0 heterocycles. The highest BCUT2D eigenvalue weighted by atomic mass is 32.2. The highest BCUT2D eigenvalue weighted by molar-refractivity contribution is 8.01. The van der Waals surface area contributed by atoms with Crippen molar-refractivity contribution >= 4 is 23.3 Å². The smallest absolute Gasteiger partial charge is 0.212 e. The molecule has 1 aliphatic rings. The predicted molar refractivity (Wildman–Crippen MR) is 55.3 cm³/mol. The highest BCUT2D eigenvalue weighted by Crippen LogP contribution is 2.35. The molecule has 2 atom stereocenters.